The van der Waals surface area contributed by atoms with Crippen LogP contribution in [0.15, 0.2) is 0 Å². The third-order valence-electron chi connectivity index (χ3n) is 4.24. The Hall–Kier alpha value is -0.160. The molecule has 2 unspecified atom stereocenters. The fraction of sp³-hybridized carbons (Fsp3) is 1.00. The third kappa shape index (κ3) is 3.92. The van der Waals surface area contributed by atoms with Crippen molar-refractivity contribution in [1.29, 1.82) is 0 Å². The number of hydrogen-bond acceptors (Lipinski definition) is 4. The number of piperazine rings is 1. The predicted molar refractivity (Wildman–Crippen MR) is 76.6 cm³/mol. The molecule has 0 aromatic heterocycles. The third-order valence-corrected chi connectivity index (χ3v) is 4.24. The topological polar surface area (TPSA) is 52.7 Å². The second-order valence-electron chi connectivity index (χ2n) is 6.75. The highest BCUT2D eigenvalue weighted by Crippen LogP contribution is 2.22. The van der Waals surface area contributed by atoms with Gasteiger partial charge < -0.3 is 10.8 Å². The summed E-state index contributed by atoms with van der Waals surface area (Å²) in [5, 5.41) is 9.66. The highest BCUT2D eigenvalue weighted by atomic mass is 16.3. The molecule has 0 bridgehead atoms. The quantitative estimate of drug-likeness (QED) is 0.763. The minimum Gasteiger partial charge on any atom is -0.395 e. The molecule has 0 aromatic carbocycles. The summed E-state index contributed by atoms with van der Waals surface area (Å²) in [5.41, 5.74) is 6.42. The van der Waals surface area contributed by atoms with E-state index in [4.69, 9.17) is 5.73 Å². The molecule has 18 heavy (non-hydrogen) atoms. The van der Waals surface area contributed by atoms with E-state index in [-0.39, 0.29) is 24.2 Å². The zero-order chi connectivity index (χ0) is 13.9. The second-order valence-corrected chi connectivity index (χ2v) is 6.75. The fourth-order valence-corrected chi connectivity index (χ4v) is 2.78. The molecule has 1 saturated heterocycles. The van der Waals surface area contributed by atoms with Crippen LogP contribution in [0.4, 0.5) is 0 Å². The van der Waals surface area contributed by atoms with Gasteiger partial charge in [-0.15, -0.1) is 0 Å². The molecule has 0 radical (unpaired) electrons. The zero-order valence-corrected chi connectivity index (χ0v) is 12.7. The Morgan fingerprint density at radius 2 is 1.89 bits per heavy atom. The van der Waals surface area contributed by atoms with Crippen molar-refractivity contribution in [2.45, 2.75) is 51.7 Å². The van der Waals surface area contributed by atoms with Crippen molar-refractivity contribution >= 4 is 0 Å². The average molecular weight is 257 g/mol. The molecule has 0 aliphatic carbocycles. The molecular weight excluding hydrogens is 226 g/mol. The van der Waals surface area contributed by atoms with Crippen LogP contribution in [0.25, 0.3) is 0 Å². The van der Waals surface area contributed by atoms with Crippen LogP contribution in [0.1, 0.15) is 34.1 Å². The highest BCUT2D eigenvalue weighted by Gasteiger charge is 2.35. The molecule has 0 saturated carbocycles. The first-order chi connectivity index (χ1) is 8.27. The molecule has 1 heterocycles. The maximum atomic E-state index is 9.66. The molecule has 1 aliphatic rings. The molecule has 1 rings (SSSR count). The van der Waals surface area contributed by atoms with Gasteiger partial charge in [-0.1, -0.05) is 13.8 Å². The minimum atomic E-state index is 0.0641. The number of nitrogens with two attached hydrogens (primary N) is 1. The lowest BCUT2D eigenvalue weighted by molar-refractivity contribution is -0.00644. The summed E-state index contributed by atoms with van der Waals surface area (Å²) in [6, 6.07) is 0.162. The summed E-state index contributed by atoms with van der Waals surface area (Å²) in [5.74, 6) is 0.578. The molecule has 2 atom stereocenters. The first kappa shape index (κ1) is 15.9. The van der Waals surface area contributed by atoms with Crippen molar-refractivity contribution in [1.82, 2.24) is 9.80 Å². The van der Waals surface area contributed by atoms with Crippen molar-refractivity contribution in [3.8, 4) is 0 Å². The Labute approximate surface area is 112 Å². The van der Waals surface area contributed by atoms with E-state index in [1.165, 1.54) is 0 Å². The summed E-state index contributed by atoms with van der Waals surface area (Å²) in [6.07, 6.45) is 0.970. The first-order valence-electron chi connectivity index (χ1n) is 7.09. The van der Waals surface area contributed by atoms with E-state index in [1.54, 1.807) is 0 Å². The molecule has 0 amide bonds. The number of aliphatic hydroxyl groups excluding tert-OH is 1. The fourth-order valence-electron chi connectivity index (χ4n) is 2.78. The molecule has 1 aliphatic heterocycles. The van der Waals surface area contributed by atoms with E-state index in [1.807, 2.05) is 0 Å². The molecule has 4 nitrogen and oxygen atoms in total. The number of likely N-dealkylation sites (N-methyl/N-ethyl adjacent to an activating group) is 1. The summed E-state index contributed by atoms with van der Waals surface area (Å²) in [7, 11) is 2.17. The number of hydrogen-bond donors (Lipinski definition) is 2. The molecule has 4 heteroatoms. The van der Waals surface area contributed by atoms with Gasteiger partial charge in [0.1, 0.15) is 0 Å². The van der Waals surface area contributed by atoms with Gasteiger partial charge in [0, 0.05) is 37.3 Å². The SMILES string of the molecule is CC(C)CC(N)C(CO)N1CCN(C)C(C)(C)C1. The Morgan fingerprint density at radius 3 is 2.33 bits per heavy atom. The maximum Gasteiger partial charge on any atom is 0.0601 e. The molecule has 1 fully saturated rings. The van der Waals surface area contributed by atoms with Crippen LogP contribution in [-0.4, -0.2) is 65.8 Å². The van der Waals surface area contributed by atoms with Crippen molar-refractivity contribution in [3.63, 3.8) is 0 Å². The van der Waals surface area contributed by atoms with Crippen LogP contribution < -0.4 is 5.73 Å². The van der Waals surface area contributed by atoms with Crippen LogP contribution >= 0.6 is 0 Å². The maximum absolute atomic E-state index is 9.66. The lowest BCUT2D eigenvalue weighted by atomic mass is 9.93. The Bertz CT molecular complexity index is 255. The summed E-state index contributed by atoms with van der Waals surface area (Å²) in [6.45, 7) is 12.0. The van der Waals surface area contributed by atoms with Gasteiger partial charge in [0.15, 0.2) is 0 Å². The van der Waals surface area contributed by atoms with Crippen molar-refractivity contribution in [3.05, 3.63) is 0 Å². The van der Waals surface area contributed by atoms with Gasteiger partial charge in [-0.2, -0.15) is 0 Å². The van der Waals surface area contributed by atoms with Crippen molar-refractivity contribution < 1.29 is 5.11 Å². The van der Waals surface area contributed by atoms with Gasteiger partial charge >= 0.3 is 0 Å². The van der Waals surface area contributed by atoms with Crippen molar-refractivity contribution in [2.75, 3.05) is 33.3 Å². The monoisotopic (exact) mass is 257 g/mol. The van der Waals surface area contributed by atoms with Crippen LogP contribution in [0.2, 0.25) is 0 Å². The zero-order valence-electron chi connectivity index (χ0n) is 12.7. The number of aliphatic hydroxyl groups is 1. The Kier molecular flexibility index (Phi) is 5.59. The van der Waals surface area contributed by atoms with E-state index in [9.17, 15) is 5.11 Å². The van der Waals surface area contributed by atoms with E-state index >= 15 is 0 Å². The summed E-state index contributed by atoms with van der Waals surface area (Å²) < 4.78 is 0. The minimum absolute atomic E-state index is 0.0641. The van der Waals surface area contributed by atoms with Gasteiger partial charge in [0.05, 0.1) is 6.61 Å². The number of nitrogens with zero attached hydrogens (tertiary/aromatic N) is 2. The standard InChI is InChI=1S/C14H31N3O/c1-11(2)8-12(15)13(9-18)17-7-6-16(5)14(3,4)10-17/h11-13,18H,6-10,15H2,1-5H3. The van der Waals surface area contributed by atoms with E-state index < -0.39 is 0 Å². The summed E-state index contributed by atoms with van der Waals surface area (Å²) >= 11 is 0. The lowest BCUT2D eigenvalue weighted by Gasteiger charge is -2.48. The number of rotatable bonds is 5. The molecule has 108 valence electrons. The molecule has 3 N–H and O–H groups in total. The molecular formula is C14H31N3O. The van der Waals surface area contributed by atoms with Gasteiger partial charge in [-0.05, 0) is 33.2 Å². The molecule has 0 spiro atoms. The van der Waals surface area contributed by atoms with Gasteiger partial charge in [-0.3, -0.25) is 9.80 Å². The Balaban J connectivity index is 2.66. The lowest BCUT2D eigenvalue weighted by Crippen LogP contribution is -2.63. The molecule has 0 aromatic rings. The van der Waals surface area contributed by atoms with E-state index in [0.717, 1.165) is 26.1 Å². The van der Waals surface area contributed by atoms with E-state index in [0.29, 0.717) is 5.92 Å². The normalized spacial score (nSPS) is 25.3. The van der Waals surface area contributed by atoms with Crippen LogP contribution in [0, 0.1) is 5.92 Å². The van der Waals surface area contributed by atoms with Crippen LogP contribution in [0.3, 0.4) is 0 Å². The van der Waals surface area contributed by atoms with E-state index in [2.05, 4.69) is 44.5 Å². The average Bonchev–Trinajstić information content (AvgIpc) is 2.22. The highest BCUT2D eigenvalue weighted by molar-refractivity contribution is 4.93. The predicted octanol–water partition coefficient (Wildman–Crippen LogP) is 0.747. The smallest absolute Gasteiger partial charge is 0.0601 e. The first-order valence-corrected chi connectivity index (χ1v) is 7.09. The second kappa shape index (κ2) is 6.33. The van der Waals surface area contributed by atoms with Gasteiger partial charge in [-0.25, -0.2) is 0 Å². The van der Waals surface area contributed by atoms with Crippen molar-refractivity contribution in [2.24, 2.45) is 11.7 Å². The van der Waals surface area contributed by atoms with Crippen LogP contribution in [-0.2, 0) is 0 Å². The van der Waals surface area contributed by atoms with Gasteiger partial charge in [0.25, 0.3) is 0 Å². The van der Waals surface area contributed by atoms with Crippen LogP contribution in [0.5, 0.6) is 0 Å². The van der Waals surface area contributed by atoms with Gasteiger partial charge in [0.2, 0.25) is 0 Å². The largest absolute Gasteiger partial charge is 0.395 e. The Morgan fingerprint density at radius 1 is 1.28 bits per heavy atom. The summed E-state index contributed by atoms with van der Waals surface area (Å²) in [4.78, 5) is 4.75.